The average molecular weight is 539 g/mol. The number of carbonyl (C=O) groups is 3. The Morgan fingerprint density at radius 3 is 2.25 bits per heavy atom. The molecule has 0 bridgehead atoms. The third-order valence-electron chi connectivity index (χ3n) is 9.53. The van der Waals surface area contributed by atoms with Crippen LogP contribution in [-0.4, -0.2) is 47.1 Å². The minimum absolute atomic E-state index is 0.00138. The minimum atomic E-state index is -1.06. The van der Waals surface area contributed by atoms with Crippen LogP contribution in [0.1, 0.15) is 61.0 Å². The van der Waals surface area contributed by atoms with Crippen molar-refractivity contribution >= 4 is 23.3 Å². The van der Waals surface area contributed by atoms with E-state index in [4.69, 9.17) is 4.74 Å². The molecule has 3 aromatic rings. The van der Waals surface area contributed by atoms with E-state index in [2.05, 4.69) is 60.9 Å². The standard InChI is InChI=1S/C33H34N2O5/c1-31(2)27-15-16-32(3,40-19-26-24-13-6-4-11-22(24)23-12-5-7-14-25(23)26)30(39)33(27,31)34-18-28(36)35-21-10-8-9-20(17-21)29(37)38/h4-14,17,26-27,34H,15-16,18-19H2,1-3H3,(H,35,36)(H,37,38). The predicted molar refractivity (Wildman–Crippen MR) is 152 cm³/mol. The zero-order valence-electron chi connectivity index (χ0n) is 23.0. The van der Waals surface area contributed by atoms with Gasteiger partial charge < -0.3 is 15.2 Å². The van der Waals surface area contributed by atoms with E-state index in [-0.39, 0.29) is 41.0 Å². The molecule has 0 aliphatic heterocycles. The highest BCUT2D eigenvalue weighted by Crippen LogP contribution is 2.68. The highest BCUT2D eigenvalue weighted by molar-refractivity contribution is 6.02. The number of ether oxygens (including phenoxy) is 1. The van der Waals surface area contributed by atoms with Gasteiger partial charge in [0.1, 0.15) is 5.60 Å². The minimum Gasteiger partial charge on any atom is -0.478 e. The zero-order chi connectivity index (χ0) is 28.3. The summed E-state index contributed by atoms with van der Waals surface area (Å²) in [4.78, 5) is 38.3. The third-order valence-corrected chi connectivity index (χ3v) is 9.53. The molecule has 0 radical (unpaired) electrons. The maximum absolute atomic E-state index is 14.2. The van der Waals surface area contributed by atoms with Crippen LogP contribution in [0.5, 0.6) is 0 Å². The molecule has 0 spiro atoms. The van der Waals surface area contributed by atoms with Crippen LogP contribution in [0.15, 0.2) is 72.8 Å². The molecule has 1 amide bonds. The van der Waals surface area contributed by atoms with Gasteiger partial charge in [-0.2, -0.15) is 0 Å². The Bertz CT molecular complexity index is 1480. The lowest BCUT2D eigenvalue weighted by Gasteiger charge is -2.38. The van der Waals surface area contributed by atoms with Crippen LogP contribution in [0.25, 0.3) is 11.1 Å². The molecule has 3 atom stereocenters. The molecule has 2 fully saturated rings. The molecule has 7 heteroatoms. The number of amides is 1. The highest BCUT2D eigenvalue weighted by atomic mass is 16.5. The molecule has 0 heterocycles. The van der Waals surface area contributed by atoms with E-state index < -0.39 is 17.1 Å². The van der Waals surface area contributed by atoms with E-state index in [9.17, 15) is 19.5 Å². The Morgan fingerprint density at radius 1 is 0.950 bits per heavy atom. The number of rotatable bonds is 8. The van der Waals surface area contributed by atoms with Crippen LogP contribution in [-0.2, 0) is 14.3 Å². The summed E-state index contributed by atoms with van der Waals surface area (Å²) in [6.45, 7) is 6.38. The van der Waals surface area contributed by atoms with Crippen molar-refractivity contribution in [2.24, 2.45) is 11.3 Å². The number of nitrogens with one attached hydrogen (secondary N) is 2. The van der Waals surface area contributed by atoms with Crippen LogP contribution in [0.3, 0.4) is 0 Å². The first-order chi connectivity index (χ1) is 19.1. The van der Waals surface area contributed by atoms with E-state index in [1.807, 2.05) is 19.1 Å². The number of carboxylic acids is 1. The van der Waals surface area contributed by atoms with E-state index in [0.717, 1.165) is 6.42 Å². The Morgan fingerprint density at radius 2 is 1.60 bits per heavy atom. The molecule has 2 saturated carbocycles. The molecule has 3 unspecified atom stereocenters. The Hall–Kier alpha value is -3.81. The molecule has 3 aliphatic carbocycles. The summed E-state index contributed by atoms with van der Waals surface area (Å²) < 4.78 is 6.59. The van der Waals surface area contributed by atoms with Gasteiger partial charge in [0.2, 0.25) is 5.91 Å². The van der Waals surface area contributed by atoms with Crippen molar-refractivity contribution in [2.45, 2.75) is 50.7 Å². The number of carbonyl (C=O) groups excluding carboxylic acids is 2. The van der Waals surface area contributed by atoms with Crippen LogP contribution in [0.2, 0.25) is 0 Å². The second-order valence-corrected chi connectivity index (χ2v) is 12.0. The first kappa shape index (κ1) is 26.4. The summed E-state index contributed by atoms with van der Waals surface area (Å²) in [5.41, 5.74) is 3.21. The number of anilines is 1. The highest BCUT2D eigenvalue weighted by Gasteiger charge is 2.78. The summed E-state index contributed by atoms with van der Waals surface area (Å²) in [6.07, 6.45) is 1.45. The Kier molecular flexibility index (Phi) is 6.20. The molecule has 3 N–H and O–H groups in total. The van der Waals surface area contributed by atoms with Crippen LogP contribution in [0, 0.1) is 11.3 Å². The topological polar surface area (TPSA) is 105 Å². The van der Waals surface area contributed by atoms with Gasteiger partial charge in [-0.1, -0.05) is 68.4 Å². The van der Waals surface area contributed by atoms with Gasteiger partial charge in [-0.3, -0.25) is 14.9 Å². The fourth-order valence-corrected chi connectivity index (χ4v) is 7.28. The fraction of sp³-hybridized carbons (Fsp3) is 0.364. The van der Waals surface area contributed by atoms with Crippen LogP contribution < -0.4 is 10.6 Å². The largest absolute Gasteiger partial charge is 0.478 e. The lowest BCUT2D eigenvalue weighted by atomic mass is 9.80. The van der Waals surface area contributed by atoms with Crippen molar-refractivity contribution in [1.82, 2.24) is 5.32 Å². The molecular formula is C33H34N2O5. The summed E-state index contributed by atoms with van der Waals surface area (Å²) in [6, 6.07) is 22.9. The van der Waals surface area contributed by atoms with Gasteiger partial charge >= 0.3 is 5.97 Å². The third kappa shape index (κ3) is 3.99. The van der Waals surface area contributed by atoms with Crippen molar-refractivity contribution in [3.05, 3.63) is 89.5 Å². The number of aromatic carboxylic acids is 1. The van der Waals surface area contributed by atoms with Crippen molar-refractivity contribution in [3.8, 4) is 11.1 Å². The lowest BCUT2D eigenvalue weighted by molar-refractivity contribution is -0.151. The second kappa shape index (κ2) is 9.39. The summed E-state index contributed by atoms with van der Waals surface area (Å²) in [5.74, 6) is -1.23. The maximum atomic E-state index is 14.2. The van der Waals surface area contributed by atoms with Crippen molar-refractivity contribution in [3.63, 3.8) is 0 Å². The van der Waals surface area contributed by atoms with E-state index in [0.29, 0.717) is 18.7 Å². The fourth-order valence-electron chi connectivity index (χ4n) is 7.28. The molecule has 0 saturated heterocycles. The van der Waals surface area contributed by atoms with Crippen molar-refractivity contribution in [2.75, 3.05) is 18.5 Å². The number of carboxylic acid groups (broad SMARTS) is 1. The number of fused-ring (bicyclic) bond motifs is 4. The SMILES string of the molecule is CC1(OCC2c3ccccc3-c3ccccc32)CCC2C(C)(C)C2(NCC(=O)Nc2cccc(C(=O)O)c2)C1=O. The van der Waals surface area contributed by atoms with E-state index in [1.165, 1.54) is 34.4 Å². The molecule has 40 heavy (non-hydrogen) atoms. The normalized spacial score (nSPS) is 26.0. The monoisotopic (exact) mass is 538 g/mol. The number of hydrogen-bond donors (Lipinski definition) is 3. The van der Waals surface area contributed by atoms with Crippen LogP contribution in [0.4, 0.5) is 5.69 Å². The molecule has 206 valence electrons. The second-order valence-electron chi connectivity index (χ2n) is 12.0. The van der Waals surface area contributed by atoms with E-state index in [1.54, 1.807) is 12.1 Å². The summed E-state index contributed by atoms with van der Waals surface area (Å²) >= 11 is 0. The van der Waals surface area contributed by atoms with Gasteiger partial charge in [0, 0.05) is 11.6 Å². The van der Waals surface area contributed by atoms with Gasteiger partial charge in [0.05, 0.1) is 24.3 Å². The number of Topliss-reactive ketones (excluding diaryl/α,β-unsaturated/α-hetero) is 1. The van der Waals surface area contributed by atoms with E-state index >= 15 is 0 Å². The smallest absolute Gasteiger partial charge is 0.335 e. The maximum Gasteiger partial charge on any atom is 0.335 e. The summed E-state index contributed by atoms with van der Waals surface area (Å²) in [5, 5.41) is 15.3. The molecule has 0 aromatic heterocycles. The van der Waals surface area contributed by atoms with Gasteiger partial charge in [-0.25, -0.2) is 4.79 Å². The average Bonchev–Trinajstić information content (AvgIpc) is 3.26. The molecule has 3 aliphatic rings. The van der Waals surface area contributed by atoms with Crippen LogP contribution >= 0.6 is 0 Å². The van der Waals surface area contributed by atoms with Gasteiger partial charge in [0.15, 0.2) is 5.78 Å². The molecule has 7 nitrogen and oxygen atoms in total. The first-order valence-corrected chi connectivity index (χ1v) is 13.8. The molecular weight excluding hydrogens is 504 g/mol. The van der Waals surface area contributed by atoms with Gasteiger partial charge in [0.25, 0.3) is 0 Å². The zero-order valence-corrected chi connectivity index (χ0v) is 23.0. The predicted octanol–water partition coefficient (Wildman–Crippen LogP) is 5.26. The molecule has 3 aromatic carbocycles. The summed E-state index contributed by atoms with van der Waals surface area (Å²) in [7, 11) is 0. The molecule has 6 rings (SSSR count). The lowest BCUT2D eigenvalue weighted by Crippen LogP contribution is -2.58. The first-order valence-electron chi connectivity index (χ1n) is 13.8. The Labute approximate surface area is 233 Å². The number of ketones is 1. The quantitative estimate of drug-likeness (QED) is 0.362. The van der Waals surface area contributed by atoms with Gasteiger partial charge in [-0.05, 0) is 71.6 Å². The number of hydrogen-bond acceptors (Lipinski definition) is 5. The number of benzene rings is 3. The van der Waals surface area contributed by atoms with Crippen molar-refractivity contribution < 1.29 is 24.2 Å². The van der Waals surface area contributed by atoms with Gasteiger partial charge in [-0.15, -0.1) is 0 Å². The Balaban J connectivity index is 1.17. The van der Waals surface area contributed by atoms with Crippen molar-refractivity contribution in [1.29, 1.82) is 0 Å².